The Labute approximate surface area is 189 Å². The smallest absolute Gasteiger partial charge is 0.0403 e. The summed E-state index contributed by atoms with van der Waals surface area (Å²) in [5, 5.41) is 7.41. The second kappa shape index (κ2) is 6.88. The Balaban J connectivity index is 1.80. The van der Waals surface area contributed by atoms with Crippen molar-refractivity contribution in [2.75, 3.05) is 0 Å². The molecule has 4 aromatic carbocycles. The van der Waals surface area contributed by atoms with Crippen LogP contribution in [0.3, 0.4) is 0 Å². The molecular formula is C32H24. The van der Waals surface area contributed by atoms with Gasteiger partial charge in [-0.15, -0.1) is 11.8 Å². The van der Waals surface area contributed by atoms with E-state index in [1.54, 1.807) is 0 Å². The third-order valence-electron chi connectivity index (χ3n) is 6.83. The average Bonchev–Trinajstić information content (AvgIpc) is 3.31. The van der Waals surface area contributed by atoms with Crippen molar-refractivity contribution in [2.45, 2.75) is 40.5 Å². The molecule has 2 aliphatic rings. The van der Waals surface area contributed by atoms with Crippen molar-refractivity contribution < 1.29 is 0 Å². The standard InChI is InChI=1S/C32H24/c1-5-7-27-29-15-23-11-20(4)12-24(23)16-30(29)28(8-6-2)32-18-26-14-22-10-19(3)9-21(22)13-25(26)17-31(27)32/h9,11,13-18H,10,12H2,1-4H3. The number of hydrogen-bond donors (Lipinski definition) is 0. The van der Waals surface area contributed by atoms with Crippen molar-refractivity contribution in [3.05, 3.63) is 80.9 Å². The molecule has 0 radical (unpaired) electrons. The number of benzene rings is 4. The first-order chi connectivity index (χ1) is 15.6. The molecular weight excluding hydrogens is 384 g/mol. The van der Waals surface area contributed by atoms with Crippen LogP contribution in [0.2, 0.25) is 0 Å². The summed E-state index contributed by atoms with van der Waals surface area (Å²) in [6, 6.07) is 14.1. The zero-order valence-corrected chi connectivity index (χ0v) is 19.0. The molecule has 0 fully saturated rings. The van der Waals surface area contributed by atoms with E-state index in [2.05, 4.69) is 86.1 Å². The van der Waals surface area contributed by atoms with Crippen LogP contribution < -0.4 is 0 Å². The molecule has 0 N–H and O–H groups in total. The Kier molecular flexibility index (Phi) is 4.08. The van der Waals surface area contributed by atoms with Crippen molar-refractivity contribution in [3.8, 4) is 23.7 Å². The molecule has 0 heteroatoms. The topological polar surface area (TPSA) is 0 Å². The highest BCUT2D eigenvalue weighted by molar-refractivity contribution is 6.14. The van der Waals surface area contributed by atoms with Crippen molar-refractivity contribution in [2.24, 2.45) is 0 Å². The van der Waals surface area contributed by atoms with Crippen molar-refractivity contribution in [3.63, 3.8) is 0 Å². The zero-order valence-electron chi connectivity index (χ0n) is 19.0. The predicted octanol–water partition coefficient (Wildman–Crippen LogP) is 7.81. The molecule has 0 unspecified atom stereocenters. The first-order valence-corrected chi connectivity index (χ1v) is 11.3. The summed E-state index contributed by atoms with van der Waals surface area (Å²) < 4.78 is 0. The Morgan fingerprint density at radius 2 is 1.03 bits per heavy atom. The minimum atomic E-state index is 1.02. The maximum atomic E-state index is 3.46. The molecule has 0 saturated heterocycles. The monoisotopic (exact) mass is 408 g/mol. The highest BCUT2D eigenvalue weighted by atomic mass is 14.2. The molecule has 0 saturated carbocycles. The summed E-state index contributed by atoms with van der Waals surface area (Å²) >= 11 is 0. The Hall–Kier alpha value is -3.74. The van der Waals surface area contributed by atoms with Gasteiger partial charge < -0.3 is 0 Å². The molecule has 4 aromatic rings. The van der Waals surface area contributed by atoms with Gasteiger partial charge in [0.05, 0.1) is 0 Å². The highest BCUT2D eigenvalue weighted by Gasteiger charge is 2.19. The lowest BCUT2D eigenvalue weighted by Crippen LogP contribution is -1.94. The van der Waals surface area contributed by atoms with Crippen LogP contribution in [0, 0.1) is 23.7 Å². The fourth-order valence-electron chi connectivity index (χ4n) is 5.52. The summed E-state index contributed by atoms with van der Waals surface area (Å²) in [5.74, 6) is 13.3. The molecule has 32 heavy (non-hydrogen) atoms. The first-order valence-electron chi connectivity index (χ1n) is 11.3. The molecule has 152 valence electrons. The molecule has 6 rings (SSSR count). The van der Waals surface area contributed by atoms with Crippen molar-refractivity contribution >= 4 is 44.5 Å². The van der Waals surface area contributed by atoms with Crippen LogP contribution in [0.5, 0.6) is 0 Å². The molecule has 0 aromatic heterocycles. The lowest BCUT2D eigenvalue weighted by molar-refractivity contribution is 1.20. The second-order valence-electron chi connectivity index (χ2n) is 9.23. The van der Waals surface area contributed by atoms with Crippen LogP contribution in [-0.4, -0.2) is 0 Å². The molecule has 0 aliphatic heterocycles. The van der Waals surface area contributed by atoms with E-state index >= 15 is 0 Å². The van der Waals surface area contributed by atoms with E-state index in [4.69, 9.17) is 0 Å². The van der Waals surface area contributed by atoms with Gasteiger partial charge in [-0.05, 0) is 125 Å². The number of hydrogen-bond acceptors (Lipinski definition) is 0. The average molecular weight is 409 g/mol. The van der Waals surface area contributed by atoms with E-state index in [0.717, 1.165) is 24.0 Å². The summed E-state index contributed by atoms with van der Waals surface area (Å²) in [4.78, 5) is 0. The van der Waals surface area contributed by atoms with Gasteiger partial charge in [0.15, 0.2) is 0 Å². The Morgan fingerprint density at radius 3 is 1.62 bits per heavy atom. The summed E-state index contributed by atoms with van der Waals surface area (Å²) in [6.07, 6.45) is 6.70. The lowest BCUT2D eigenvalue weighted by Gasteiger charge is -2.15. The maximum Gasteiger partial charge on any atom is 0.0403 e. The SMILES string of the molecule is CC#Cc1c2cc3c(cc2c(C#CC)c2cc4cc5c(cc4cc12)C=C(C)C5)CC(C)=C3. The fraction of sp³-hybridized carbons (Fsp3) is 0.188. The zero-order chi connectivity index (χ0) is 22.0. The predicted molar refractivity (Wildman–Crippen MR) is 139 cm³/mol. The second-order valence-corrected chi connectivity index (χ2v) is 9.23. The van der Waals surface area contributed by atoms with Gasteiger partial charge in [0, 0.05) is 11.1 Å². The largest absolute Gasteiger partial charge is 0.101 e. The van der Waals surface area contributed by atoms with Crippen LogP contribution >= 0.6 is 0 Å². The number of allylic oxidation sites excluding steroid dienone is 2. The van der Waals surface area contributed by atoms with Gasteiger partial charge in [0.2, 0.25) is 0 Å². The third-order valence-corrected chi connectivity index (χ3v) is 6.83. The molecule has 0 spiro atoms. The van der Waals surface area contributed by atoms with E-state index in [1.165, 1.54) is 65.7 Å². The molecule has 2 aliphatic carbocycles. The van der Waals surface area contributed by atoms with Crippen molar-refractivity contribution in [1.82, 2.24) is 0 Å². The fourth-order valence-corrected chi connectivity index (χ4v) is 5.52. The van der Waals surface area contributed by atoms with Crippen LogP contribution in [0.4, 0.5) is 0 Å². The molecule has 0 bridgehead atoms. The van der Waals surface area contributed by atoms with E-state index in [9.17, 15) is 0 Å². The number of rotatable bonds is 0. The maximum absolute atomic E-state index is 3.46. The van der Waals surface area contributed by atoms with Gasteiger partial charge in [-0.2, -0.15) is 0 Å². The molecule has 0 heterocycles. The van der Waals surface area contributed by atoms with Crippen LogP contribution in [0.15, 0.2) is 47.5 Å². The third kappa shape index (κ3) is 2.74. The molecule has 0 atom stereocenters. The first kappa shape index (κ1) is 19.0. The van der Waals surface area contributed by atoms with E-state index < -0.39 is 0 Å². The van der Waals surface area contributed by atoms with Crippen LogP contribution in [-0.2, 0) is 12.8 Å². The summed E-state index contributed by atoms with van der Waals surface area (Å²) in [6.45, 7) is 8.28. The lowest BCUT2D eigenvalue weighted by atomic mass is 9.88. The minimum absolute atomic E-state index is 1.02. The van der Waals surface area contributed by atoms with Gasteiger partial charge in [0.1, 0.15) is 0 Å². The normalized spacial score (nSPS) is 13.9. The molecule has 0 nitrogen and oxygen atoms in total. The highest BCUT2D eigenvalue weighted by Crippen LogP contribution is 2.39. The van der Waals surface area contributed by atoms with Gasteiger partial charge in [-0.3, -0.25) is 0 Å². The van der Waals surface area contributed by atoms with Crippen LogP contribution in [0.1, 0.15) is 61.1 Å². The summed E-state index contributed by atoms with van der Waals surface area (Å²) in [5.41, 5.74) is 10.6. The van der Waals surface area contributed by atoms with Gasteiger partial charge in [0.25, 0.3) is 0 Å². The Bertz CT molecular complexity index is 1700. The molecule has 0 amide bonds. The van der Waals surface area contributed by atoms with Gasteiger partial charge >= 0.3 is 0 Å². The van der Waals surface area contributed by atoms with E-state index in [0.29, 0.717) is 0 Å². The van der Waals surface area contributed by atoms with Gasteiger partial charge in [-0.1, -0.05) is 41.2 Å². The van der Waals surface area contributed by atoms with Crippen LogP contribution in [0.25, 0.3) is 44.5 Å². The van der Waals surface area contributed by atoms with E-state index in [1.807, 2.05) is 13.8 Å². The number of fused-ring (bicyclic) bond motifs is 5. The quantitative estimate of drug-likeness (QED) is 0.206. The van der Waals surface area contributed by atoms with Gasteiger partial charge in [-0.25, -0.2) is 0 Å². The summed E-state index contributed by atoms with van der Waals surface area (Å²) in [7, 11) is 0. The van der Waals surface area contributed by atoms with Crippen molar-refractivity contribution in [1.29, 1.82) is 0 Å². The van der Waals surface area contributed by atoms with E-state index in [-0.39, 0.29) is 0 Å². The minimum Gasteiger partial charge on any atom is -0.101 e. The Morgan fingerprint density at radius 1 is 0.562 bits per heavy atom.